The number of amides is 1. The highest BCUT2D eigenvalue weighted by molar-refractivity contribution is 5.93. The van der Waals surface area contributed by atoms with Crippen LogP contribution in [0.15, 0.2) is 48.7 Å². The van der Waals surface area contributed by atoms with Crippen molar-refractivity contribution in [2.45, 2.75) is 19.2 Å². The summed E-state index contributed by atoms with van der Waals surface area (Å²) in [4.78, 5) is 18.4. The second-order valence-electron chi connectivity index (χ2n) is 6.04. The Morgan fingerprint density at radius 3 is 2.62 bits per heavy atom. The van der Waals surface area contributed by atoms with Crippen molar-refractivity contribution in [2.24, 2.45) is 5.92 Å². The molecule has 1 aliphatic rings. The Hall–Kier alpha value is -2.77. The number of aromatic nitrogens is 1. The Labute approximate surface area is 148 Å². The highest BCUT2D eigenvalue weighted by Crippen LogP contribution is 2.26. The normalized spacial score (nSPS) is 17.7. The molecule has 0 spiro atoms. The van der Waals surface area contributed by atoms with Crippen molar-refractivity contribution in [3.05, 3.63) is 48.7 Å². The number of nitrogens with one attached hydrogen (secondary N) is 1. The standard InChI is InChI=1S/C18H18F3N3O2/c19-18(20,21)26-15-8-9-16(22-11-15)24-10-4-5-13(12-24)17(25)23-14-6-2-1-3-7-14/h1-3,6-9,11,13H,4-5,10,12H2,(H,23,25). The van der Waals surface area contributed by atoms with E-state index < -0.39 is 6.36 Å². The van der Waals surface area contributed by atoms with Gasteiger partial charge in [-0.15, -0.1) is 13.2 Å². The molecule has 1 aromatic heterocycles. The summed E-state index contributed by atoms with van der Waals surface area (Å²) in [7, 11) is 0. The van der Waals surface area contributed by atoms with E-state index in [1.54, 1.807) is 0 Å². The number of carbonyl (C=O) groups excluding carboxylic acids is 1. The zero-order valence-corrected chi connectivity index (χ0v) is 13.9. The molecule has 1 saturated heterocycles. The molecule has 0 saturated carbocycles. The lowest BCUT2D eigenvalue weighted by atomic mass is 9.97. The first kappa shape index (κ1) is 18.0. The van der Waals surface area contributed by atoms with Gasteiger partial charge in [0, 0.05) is 18.8 Å². The molecule has 1 unspecified atom stereocenters. The van der Waals surface area contributed by atoms with E-state index >= 15 is 0 Å². The molecule has 26 heavy (non-hydrogen) atoms. The van der Waals surface area contributed by atoms with E-state index in [0.717, 1.165) is 24.7 Å². The maximum Gasteiger partial charge on any atom is 0.573 e. The lowest BCUT2D eigenvalue weighted by Gasteiger charge is -2.32. The molecular weight excluding hydrogens is 347 g/mol. The summed E-state index contributed by atoms with van der Waals surface area (Å²) < 4.78 is 40.5. The van der Waals surface area contributed by atoms with Crippen LogP contribution in [0, 0.1) is 5.92 Å². The van der Waals surface area contributed by atoms with Gasteiger partial charge in [0.15, 0.2) is 0 Å². The molecule has 0 radical (unpaired) electrons. The summed E-state index contributed by atoms with van der Waals surface area (Å²) in [6.07, 6.45) is -2.15. The van der Waals surface area contributed by atoms with Crippen LogP contribution in [-0.4, -0.2) is 30.3 Å². The number of pyridine rings is 1. The molecule has 2 aromatic rings. The zero-order chi connectivity index (χ0) is 18.6. The van der Waals surface area contributed by atoms with Gasteiger partial charge in [-0.3, -0.25) is 4.79 Å². The van der Waals surface area contributed by atoms with Crippen molar-refractivity contribution in [1.82, 2.24) is 4.98 Å². The van der Waals surface area contributed by atoms with Crippen molar-refractivity contribution in [2.75, 3.05) is 23.3 Å². The van der Waals surface area contributed by atoms with Gasteiger partial charge in [-0.2, -0.15) is 0 Å². The summed E-state index contributed by atoms with van der Waals surface area (Å²) >= 11 is 0. The van der Waals surface area contributed by atoms with Gasteiger partial charge in [0.05, 0.1) is 12.1 Å². The number of rotatable bonds is 4. The van der Waals surface area contributed by atoms with Crippen LogP contribution >= 0.6 is 0 Å². The SMILES string of the molecule is O=C(Nc1ccccc1)C1CCCN(c2ccc(OC(F)(F)F)cn2)C1. The number of anilines is 2. The first-order valence-electron chi connectivity index (χ1n) is 8.23. The molecular formula is C18H18F3N3O2. The Bertz CT molecular complexity index is 736. The Kier molecular flexibility index (Phi) is 5.29. The number of halogens is 3. The monoisotopic (exact) mass is 365 g/mol. The molecule has 0 bridgehead atoms. The number of para-hydroxylation sites is 1. The number of hydrogen-bond donors (Lipinski definition) is 1. The van der Waals surface area contributed by atoms with E-state index in [9.17, 15) is 18.0 Å². The quantitative estimate of drug-likeness (QED) is 0.895. The topological polar surface area (TPSA) is 54.5 Å². The number of benzene rings is 1. The van der Waals surface area contributed by atoms with E-state index in [1.165, 1.54) is 12.1 Å². The Morgan fingerprint density at radius 2 is 1.96 bits per heavy atom. The van der Waals surface area contributed by atoms with E-state index in [4.69, 9.17) is 0 Å². The smallest absolute Gasteiger partial charge is 0.404 e. The van der Waals surface area contributed by atoms with Crippen LogP contribution in [-0.2, 0) is 4.79 Å². The van der Waals surface area contributed by atoms with Crippen LogP contribution in [0.3, 0.4) is 0 Å². The van der Waals surface area contributed by atoms with Gasteiger partial charge in [-0.25, -0.2) is 4.98 Å². The summed E-state index contributed by atoms with van der Waals surface area (Å²) in [6.45, 7) is 1.16. The van der Waals surface area contributed by atoms with Gasteiger partial charge < -0.3 is 15.0 Å². The summed E-state index contributed by atoms with van der Waals surface area (Å²) in [5, 5.41) is 2.89. The van der Waals surface area contributed by atoms with Crippen LogP contribution in [0.2, 0.25) is 0 Å². The number of hydrogen-bond acceptors (Lipinski definition) is 4. The number of nitrogens with zero attached hydrogens (tertiary/aromatic N) is 2. The van der Waals surface area contributed by atoms with Gasteiger partial charge >= 0.3 is 6.36 Å². The van der Waals surface area contributed by atoms with Crippen molar-refractivity contribution in [3.63, 3.8) is 0 Å². The third-order valence-corrected chi connectivity index (χ3v) is 4.11. The molecule has 3 rings (SSSR count). The van der Waals surface area contributed by atoms with E-state index in [0.29, 0.717) is 18.9 Å². The fourth-order valence-electron chi connectivity index (χ4n) is 2.92. The highest BCUT2D eigenvalue weighted by Gasteiger charge is 2.31. The molecule has 1 aliphatic heterocycles. The second-order valence-corrected chi connectivity index (χ2v) is 6.04. The molecule has 1 amide bonds. The molecule has 138 valence electrons. The summed E-state index contributed by atoms with van der Waals surface area (Å²) in [5.74, 6) is -0.122. The average molecular weight is 365 g/mol. The van der Waals surface area contributed by atoms with E-state index in [-0.39, 0.29) is 17.6 Å². The molecule has 5 nitrogen and oxygen atoms in total. The fraction of sp³-hybridized carbons (Fsp3) is 0.333. The van der Waals surface area contributed by atoms with Crippen molar-refractivity contribution < 1.29 is 22.7 Å². The molecule has 1 aromatic carbocycles. The molecule has 2 heterocycles. The zero-order valence-electron chi connectivity index (χ0n) is 13.9. The van der Waals surface area contributed by atoms with Gasteiger partial charge in [0.2, 0.25) is 5.91 Å². The number of carbonyl (C=O) groups is 1. The number of alkyl halides is 3. The summed E-state index contributed by atoms with van der Waals surface area (Å²) in [5.41, 5.74) is 0.737. The maximum absolute atomic E-state index is 12.5. The molecule has 8 heteroatoms. The predicted octanol–water partition coefficient (Wildman–Crippen LogP) is 3.84. The third-order valence-electron chi connectivity index (χ3n) is 4.11. The maximum atomic E-state index is 12.5. The van der Waals surface area contributed by atoms with Crippen LogP contribution in [0.25, 0.3) is 0 Å². The minimum absolute atomic E-state index is 0.0714. The van der Waals surface area contributed by atoms with E-state index in [2.05, 4.69) is 15.0 Å². The summed E-state index contributed by atoms with van der Waals surface area (Å²) in [6, 6.07) is 11.9. The van der Waals surface area contributed by atoms with Crippen molar-refractivity contribution in [3.8, 4) is 5.75 Å². The highest BCUT2D eigenvalue weighted by atomic mass is 19.4. The molecule has 1 atom stereocenters. The molecule has 1 fully saturated rings. The first-order valence-corrected chi connectivity index (χ1v) is 8.23. The van der Waals surface area contributed by atoms with Crippen LogP contribution in [0.4, 0.5) is 24.7 Å². The van der Waals surface area contributed by atoms with Crippen LogP contribution in [0.1, 0.15) is 12.8 Å². The van der Waals surface area contributed by atoms with Crippen LogP contribution < -0.4 is 15.0 Å². The fourth-order valence-corrected chi connectivity index (χ4v) is 2.92. The largest absolute Gasteiger partial charge is 0.573 e. The van der Waals surface area contributed by atoms with Gasteiger partial charge in [0.25, 0.3) is 0 Å². The lowest BCUT2D eigenvalue weighted by molar-refractivity contribution is -0.274. The van der Waals surface area contributed by atoms with Crippen LogP contribution in [0.5, 0.6) is 5.75 Å². The van der Waals surface area contributed by atoms with Gasteiger partial charge in [-0.1, -0.05) is 18.2 Å². The van der Waals surface area contributed by atoms with Crippen molar-refractivity contribution >= 4 is 17.4 Å². The van der Waals surface area contributed by atoms with Gasteiger partial charge in [-0.05, 0) is 37.1 Å². The van der Waals surface area contributed by atoms with E-state index in [1.807, 2.05) is 35.2 Å². The number of piperidine rings is 1. The Morgan fingerprint density at radius 1 is 1.19 bits per heavy atom. The lowest BCUT2D eigenvalue weighted by Crippen LogP contribution is -2.41. The minimum atomic E-state index is -4.74. The molecule has 1 N–H and O–H groups in total. The number of ether oxygens (including phenoxy) is 1. The minimum Gasteiger partial charge on any atom is -0.404 e. The second kappa shape index (κ2) is 7.63. The molecule has 0 aliphatic carbocycles. The Balaban J connectivity index is 1.62. The third kappa shape index (κ3) is 4.87. The predicted molar refractivity (Wildman–Crippen MR) is 90.9 cm³/mol. The average Bonchev–Trinajstić information content (AvgIpc) is 2.62. The van der Waals surface area contributed by atoms with Gasteiger partial charge in [0.1, 0.15) is 11.6 Å². The first-order chi connectivity index (χ1) is 12.4. The van der Waals surface area contributed by atoms with Crippen molar-refractivity contribution in [1.29, 1.82) is 0 Å².